The first-order valence-corrected chi connectivity index (χ1v) is 8.52. The van der Waals surface area contributed by atoms with Gasteiger partial charge in [0.2, 0.25) is 0 Å². The minimum Gasteiger partial charge on any atom is -0.493 e. The first kappa shape index (κ1) is 13.6. The van der Waals surface area contributed by atoms with Gasteiger partial charge in [0.15, 0.2) is 0 Å². The lowest BCUT2D eigenvalue weighted by Crippen LogP contribution is -2.16. The fourth-order valence-electron chi connectivity index (χ4n) is 2.33. The Morgan fingerprint density at radius 2 is 2.16 bits per heavy atom. The molecule has 0 bridgehead atoms. The quantitative estimate of drug-likeness (QED) is 0.793. The van der Waals surface area contributed by atoms with Crippen LogP contribution in [0.15, 0.2) is 32.5 Å². The third-order valence-corrected chi connectivity index (χ3v) is 6.61. The van der Waals surface area contributed by atoms with Crippen LogP contribution >= 0.6 is 43.2 Å². The highest BCUT2D eigenvalue weighted by molar-refractivity contribution is 9.13. The van der Waals surface area contributed by atoms with Crippen LogP contribution in [-0.2, 0) is 6.42 Å². The van der Waals surface area contributed by atoms with Gasteiger partial charge in [0.25, 0.3) is 0 Å². The molecule has 0 saturated heterocycles. The van der Waals surface area contributed by atoms with E-state index >= 15 is 0 Å². The summed E-state index contributed by atoms with van der Waals surface area (Å²) in [6, 6.07) is 8.20. The summed E-state index contributed by atoms with van der Waals surface area (Å²) in [6.07, 6.45) is 2.16. The van der Waals surface area contributed by atoms with Crippen LogP contribution in [0.4, 0.5) is 0 Å². The van der Waals surface area contributed by atoms with Gasteiger partial charge in [-0.1, -0.05) is 18.2 Å². The Bertz CT molecular complexity index is 592. The number of para-hydroxylation sites is 1. The largest absolute Gasteiger partial charge is 0.493 e. The van der Waals surface area contributed by atoms with E-state index in [2.05, 4.69) is 56.1 Å². The van der Waals surface area contributed by atoms with Crippen LogP contribution in [0.1, 0.15) is 28.5 Å². The predicted octanol–water partition coefficient (Wildman–Crippen LogP) is 4.65. The van der Waals surface area contributed by atoms with Gasteiger partial charge in [-0.3, -0.25) is 0 Å². The van der Waals surface area contributed by atoms with E-state index in [1.165, 1.54) is 5.56 Å². The van der Waals surface area contributed by atoms with E-state index in [0.29, 0.717) is 0 Å². The predicted molar refractivity (Wildman–Crippen MR) is 86.0 cm³/mol. The van der Waals surface area contributed by atoms with Crippen molar-refractivity contribution in [3.8, 4) is 5.75 Å². The fraction of sp³-hybridized carbons (Fsp3) is 0.286. The average molecular weight is 403 g/mol. The lowest BCUT2D eigenvalue weighted by molar-refractivity contribution is 0.284. The minimum absolute atomic E-state index is 0.138. The number of benzene rings is 1. The molecular weight excluding hydrogens is 390 g/mol. The minimum atomic E-state index is -0.138. The molecule has 2 heterocycles. The van der Waals surface area contributed by atoms with Crippen LogP contribution in [0, 0.1) is 0 Å². The van der Waals surface area contributed by atoms with Crippen molar-refractivity contribution in [3.63, 3.8) is 0 Å². The molecule has 2 nitrogen and oxygen atoms in total. The van der Waals surface area contributed by atoms with Gasteiger partial charge < -0.3 is 10.5 Å². The molecule has 1 aromatic heterocycles. The van der Waals surface area contributed by atoms with Gasteiger partial charge in [-0.15, -0.1) is 11.3 Å². The molecule has 1 aliphatic rings. The van der Waals surface area contributed by atoms with Crippen molar-refractivity contribution in [2.75, 3.05) is 6.61 Å². The lowest BCUT2D eigenvalue weighted by atomic mass is 9.98. The number of nitrogens with two attached hydrogens (primary N) is 1. The van der Waals surface area contributed by atoms with Gasteiger partial charge in [0.05, 0.1) is 16.4 Å². The van der Waals surface area contributed by atoms with Crippen molar-refractivity contribution in [1.82, 2.24) is 0 Å². The smallest absolute Gasteiger partial charge is 0.127 e. The molecule has 1 unspecified atom stereocenters. The Morgan fingerprint density at radius 1 is 1.32 bits per heavy atom. The van der Waals surface area contributed by atoms with Gasteiger partial charge in [-0.2, -0.15) is 0 Å². The first-order chi connectivity index (χ1) is 9.16. The number of hydrogen-bond acceptors (Lipinski definition) is 3. The highest BCUT2D eigenvalue weighted by Gasteiger charge is 2.21. The molecule has 5 heteroatoms. The number of rotatable bonds is 2. The van der Waals surface area contributed by atoms with E-state index in [9.17, 15) is 0 Å². The summed E-state index contributed by atoms with van der Waals surface area (Å²) in [5.41, 5.74) is 8.77. The normalized spacial score (nSPS) is 15.7. The molecule has 1 atom stereocenters. The molecule has 0 amide bonds. The maximum Gasteiger partial charge on any atom is 0.127 e. The molecule has 3 rings (SSSR count). The fourth-order valence-corrected chi connectivity index (χ4v) is 4.44. The summed E-state index contributed by atoms with van der Waals surface area (Å²) in [5, 5.41) is 0. The number of ether oxygens (including phenoxy) is 1. The monoisotopic (exact) mass is 401 g/mol. The Labute approximate surface area is 133 Å². The van der Waals surface area contributed by atoms with Crippen LogP contribution in [0.2, 0.25) is 0 Å². The number of aryl methyl sites for hydroxylation is 1. The van der Waals surface area contributed by atoms with E-state index in [0.717, 1.165) is 43.9 Å². The summed E-state index contributed by atoms with van der Waals surface area (Å²) in [7, 11) is 0. The van der Waals surface area contributed by atoms with Crippen LogP contribution in [0.5, 0.6) is 5.75 Å². The third kappa shape index (κ3) is 2.61. The Morgan fingerprint density at radius 3 is 2.89 bits per heavy atom. The highest BCUT2D eigenvalue weighted by Crippen LogP contribution is 2.40. The van der Waals surface area contributed by atoms with E-state index in [1.807, 2.05) is 0 Å². The third-order valence-electron chi connectivity index (χ3n) is 3.27. The Hall–Kier alpha value is -0.360. The molecule has 100 valence electrons. The molecule has 0 fully saturated rings. The summed E-state index contributed by atoms with van der Waals surface area (Å²) in [5.74, 6) is 0.988. The van der Waals surface area contributed by atoms with Gasteiger partial charge in [0.1, 0.15) is 5.75 Å². The molecular formula is C14H13Br2NOS. The summed E-state index contributed by atoms with van der Waals surface area (Å²) >= 11 is 8.68. The number of halogens is 2. The van der Waals surface area contributed by atoms with Crippen molar-refractivity contribution in [3.05, 3.63) is 48.5 Å². The van der Waals surface area contributed by atoms with E-state index in [1.54, 1.807) is 11.3 Å². The van der Waals surface area contributed by atoms with Gasteiger partial charge >= 0.3 is 0 Å². The van der Waals surface area contributed by atoms with Crippen LogP contribution in [0.25, 0.3) is 0 Å². The Balaban J connectivity index is 2.02. The van der Waals surface area contributed by atoms with E-state index < -0.39 is 0 Å². The highest BCUT2D eigenvalue weighted by atomic mass is 79.9. The van der Waals surface area contributed by atoms with E-state index in [4.69, 9.17) is 10.5 Å². The standard InChI is InChI=1S/C14H13Br2NOS/c15-10-7-11(19-14(10)16)12(17)9-5-1-3-8-4-2-6-18-13(8)9/h1,3,5,7,12H,2,4,6,17H2. The first-order valence-electron chi connectivity index (χ1n) is 6.11. The van der Waals surface area contributed by atoms with Crippen molar-refractivity contribution in [2.24, 2.45) is 5.73 Å². The van der Waals surface area contributed by atoms with Crippen LogP contribution in [-0.4, -0.2) is 6.61 Å². The second kappa shape index (κ2) is 5.56. The zero-order valence-electron chi connectivity index (χ0n) is 10.2. The lowest BCUT2D eigenvalue weighted by Gasteiger charge is -2.22. The van der Waals surface area contributed by atoms with E-state index in [-0.39, 0.29) is 6.04 Å². The molecule has 2 aromatic rings. The zero-order valence-corrected chi connectivity index (χ0v) is 14.1. The average Bonchev–Trinajstić information content (AvgIpc) is 2.77. The Kier molecular flexibility index (Phi) is 3.98. The van der Waals surface area contributed by atoms with Crippen LogP contribution < -0.4 is 10.5 Å². The maximum absolute atomic E-state index is 6.41. The molecule has 19 heavy (non-hydrogen) atoms. The molecule has 1 aliphatic heterocycles. The van der Waals surface area contributed by atoms with Crippen molar-refractivity contribution < 1.29 is 4.74 Å². The summed E-state index contributed by atoms with van der Waals surface area (Å²) < 4.78 is 7.96. The topological polar surface area (TPSA) is 35.2 Å². The molecule has 0 saturated carbocycles. The number of fused-ring (bicyclic) bond motifs is 1. The van der Waals surface area contributed by atoms with Crippen molar-refractivity contribution in [2.45, 2.75) is 18.9 Å². The number of hydrogen-bond donors (Lipinski definition) is 1. The maximum atomic E-state index is 6.41. The molecule has 0 radical (unpaired) electrons. The number of thiophene rings is 1. The van der Waals surface area contributed by atoms with Crippen molar-refractivity contribution in [1.29, 1.82) is 0 Å². The second-order valence-electron chi connectivity index (χ2n) is 4.54. The summed E-state index contributed by atoms with van der Waals surface area (Å²) in [4.78, 5) is 1.13. The molecule has 0 spiro atoms. The molecule has 1 aromatic carbocycles. The second-order valence-corrected chi connectivity index (χ2v) is 7.79. The SMILES string of the molecule is NC(c1cc(Br)c(Br)s1)c1cccc2c1OCCC2. The summed E-state index contributed by atoms with van der Waals surface area (Å²) in [6.45, 7) is 0.786. The van der Waals surface area contributed by atoms with Gasteiger partial charge in [-0.25, -0.2) is 0 Å². The molecule has 2 N–H and O–H groups in total. The van der Waals surface area contributed by atoms with Gasteiger partial charge in [0, 0.05) is 14.9 Å². The van der Waals surface area contributed by atoms with Gasteiger partial charge in [-0.05, 0) is 56.3 Å². The van der Waals surface area contributed by atoms with Crippen LogP contribution in [0.3, 0.4) is 0 Å². The van der Waals surface area contributed by atoms with Crippen molar-refractivity contribution >= 4 is 43.2 Å². The zero-order chi connectivity index (χ0) is 13.4. The molecule has 0 aliphatic carbocycles.